The molecule has 1 N–H and O–H groups in total. The summed E-state index contributed by atoms with van der Waals surface area (Å²) >= 11 is 0. The van der Waals surface area contributed by atoms with Crippen molar-refractivity contribution in [3.63, 3.8) is 0 Å². The van der Waals surface area contributed by atoms with Gasteiger partial charge in [-0.15, -0.1) is 0 Å². The van der Waals surface area contributed by atoms with Crippen LogP contribution in [0.2, 0.25) is 0 Å². The van der Waals surface area contributed by atoms with E-state index < -0.39 is 34.7 Å². The van der Waals surface area contributed by atoms with Gasteiger partial charge in [0.25, 0.3) is 0 Å². The highest BCUT2D eigenvalue weighted by molar-refractivity contribution is 5.61. The van der Waals surface area contributed by atoms with Crippen molar-refractivity contribution in [1.82, 2.24) is 0 Å². The minimum atomic E-state index is -0.702. The molecular weight excluding hydrogens is 364 g/mol. The number of carbonyl (C=O) groups excluding carboxylic acids is 1. The van der Waals surface area contributed by atoms with E-state index in [0.717, 1.165) is 25.7 Å². The highest BCUT2D eigenvalue weighted by Gasteiger charge is 2.57. The molecule has 0 aliphatic carbocycles. The third-order valence-corrected chi connectivity index (χ3v) is 7.50. The Hall–Kier alpha value is -0.890. The van der Waals surface area contributed by atoms with Gasteiger partial charge >= 0.3 is 6.16 Å². The molecule has 0 bridgehead atoms. The van der Waals surface area contributed by atoms with Crippen LogP contribution in [0.3, 0.4) is 0 Å². The lowest BCUT2D eigenvalue weighted by molar-refractivity contribution is -0.234. The average Bonchev–Trinajstić information content (AvgIpc) is 2.81. The fourth-order valence-electron chi connectivity index (χ4n) is 5.25. The van der Waals surface area contributed by atoms with Gasteiger partial charge in [-0.3, -0.25) is 0 Å². The summed E-state index contributed by atoms with van der Waals surface area (Å²) in [5, 5.41) is 10.5. The van der Waals surface area contributed by atoms with Crippen molar-refractivity contribution in [2.24, 2.45) is 0 Å². The zero-order valence-corrected chi connectivity index (χ0v) is 17.7. The zero-order chi connectivity index (χ0) is 20.4. The Bertz CT molecular complexity index is 636. The average molecular weight is 398 g/mol. The third-order valence-electron chi connectivity index (χ3n) is 7.50. The highest BCUT2D eigenvalue weighted by Crippen LogP contribution is 2.48. The lowest BCUT2D eigenvalue weighted by Crippen LogP contribution is -2.54. The van der Waals surface area contributed by atoms with E-state index >= 15 is 0 Å². The largest absolute Gasteiger partial charge is 0.509 e. The van der Waals surface area contributed by atoms with E-state index in [1.807, 2.05) is 20.8 Å². The second-order valence-corrected chi connectivity index (χ2v) is 10.2. The number of aliphatic hydroxyl groups excluding tert-OH is 1. The Kier molecular flexibility index (Phi) is 4.77. The predicted octanol–water partition coefficient (Wildman–Crippen LogP) is 3.11. The molecule has 4 aliphatic rings. The topological polar surface area (TPSA) is 83.5 Å². The Labute approximate surface area is 167 Å². The summed E-state index contributed by atoms with van der Waals surface area (Å²) < 4.78 is 30.4. The molecule has 0 saturated carbocycles. The van der Waals surface area contributed by atoms with Crippen LogP contribution in [0.5, 0.6) is 0 Å². The van der Waals surface area contributed by atoms with E-state index in [1.54, 1.807) is 0 Å². The molecule has 4 fully saturated rings. The summed E-state index contributed by atoms with van der Waals surface area (Å²) in [6.45, 7) is 10.2. The van der Waals surface area contributed by atoms with Crippen molar-refractivity contribution in [2.75, 3.05) is 6.61 Å². The Balaban J connectivity index is 1.61. The first-order valence-electron chi connectivity index (χ1n) is 10.5. The molecule has 7 atom stereocenters. The number of fused-ring (bicyclic) bond motifs is 3. The van der Waals surface area contributed by atoms with Gasteiger partial charge in [0, 0.05) is 0 Å². The van der Waals surface area contributed by atoms with Gasteiger partial charge < -0.3 is 28.8 Å². The lowest BCUT2D eigenvalue weighted by atomic mass is 9.88. The van der Waals surface area contributed by atoms with Crippen LogP contribution in [-0.4, -0.2) is 64.7 Å². The van der Waals surface area contributed by atoms with Crippen LogP contribution in [0.15, 0.2) is 0 Å². The van der Waals surface area contributed by atoms with E-state index in [2.05, 4.69) is 13.8 Å². The summed E-state index contributed by atoms with van der Waals surface area (Å²) in [6.07, 6.45) is 2.57. The molecule has 0 aromatic carbocycles. The molecule has 0 aromatic heterocycles. The zero-order valence-electron chi connectivity index (χ0n) is 17.7. The molecule has 4 heterocycles. The van der Waals surface area contributed by atoms with Crippen LogP contribution < -0.4 is 0 Å². The second kappa shape index (κ2) is 6.56. The van der Waals surface area contributed by atoms with Crippen molar-refractivity contribution >= 4 is 6.16 Å². The molecule has 7 heteroatoms. The van der Waals surface area contributed by atoms with E-state index in [0.29, 0.717) is 12.8 Å². The SMILES string of the molecule is CC1(C)O[C@@H]2CC[C@]3(C)O[C@@H]4COC(=O)O[C@@]4(C)CC[C@H]3O[C@@]2(C)CC[C@H]1O. The van der Waals surface area contributed by atoms with Gasteiger partial charge in [0.05, 0.1) is 35.1 Å². The number of carbonyl (C=O) groups is 1. The standard InChI is InChI=1S/C21H34O7/c1-18(2)13(22)6-9-19(3)14(25-18)7-10-20(4)15(26-19)8-11-21(5)16(27-20)12-24-17(23)28-21/h13-16,22H,6-12H2,1-5H3/t13-,14-,15-,16-,19+,20+,21+/m1/s1. The molecule has 7 nitrogen and oxygen atoms in total. The summed E-state index contributed by atoms with van der Waals surface area (Å²) in [4.78, 5) is 11.7. The molecule has 0 unspecified atom stereocenters. The quantitative estimate of drug-likeness (QED) is 0.628. The van der Waals surface area contributed by atoms with Gasteiger partial charge in [0.1, 0.15) is 18.3 Å². The summed E-state index contributed by atoms with van der Waals surface area (Å²) in [7, 11) is 0. The minimum Gasteiger partial charge on any atom is -0.431 e. The fraction of sp³-hybridized carbons (Fsp3) is 0.952. The van der Waals surface area contributed by atoms with E-state index in [9.17, 15) is 9.90 Å². The molecule has 0 spiro atoms. The van der Waals surface area contributed by atoms with E-state index in [4.69, 9.17) is 23.7 Å². The predicted molar refractivity (Wildman–Crippen MR) is 100 cm³/mol. The molecular formula is C21H34O7. The van der Waals surface area contributed by atoms with Crippen LogP contribution in [0.4, 0.5) is 4.79 Å². The normalized spacial score (nSPS) is 51.1. The first-order chi connectivity index (χ1) is 13.0. The maximum atomic E-state index is 11.7. The van der Waals surface area contributed by atoms with Crippen LogP contribution in [0.1, 0.15) is 73.1 Å². The maximum Gasteiger partial charge on any atom is 0.509 e. The molecule has 0 aromatic rings. The van der Waals surface area contributed by atoms with Gasteiger partial charge in [-0.25, -0.2) is 4.79 Å². The van der Waals surface area contributed by atoms with Crippen LogP contribution in [-0.2, 0) is 23.7 Å². The smallest absolute Gasteiger partial charge is 0.431 e. The molecule has 0 radical (unpaired) electrons. The number of cyclic esters (lactones) is 1. The van der Waals surface area contributed by atoms with Gasteiger partial charge in [0.15, 0.2) is 0 Å². The summed E-state index contributed by atoms with van der Waals surface area (Å²) in [6, 6.07) is 0. The number of aliphatic hydroxyl groups is 1. The van der Waals surface area contributed by atoms with E-state index in [1.165, 1.54) is 0 Å². The number of rotatable bonds is 0. The molecule has 28 heavy (non-hydrogen) atoms. The molecule has 160 valence electrons. The highest BCUT2D eigenvalue weighted by atomic mass is 16.8. The Morgan fingerprint density at radius 2 is 1.32 bits per heavy atom. The van der Waals surface area contributed by atoms with Crippen molar-refractivity contribution in [2.45, 2.75) is 120 Å². The Morgan fingerprint density at radius 3 is 2.00 bits per heavy atom. The second-order valence-electron chi connectivity index (χ2n) is 10.2. The van der Waals surface area contributed by atoms with Crippen molar-refractivity contribution in [1.29, 1.82) is 0 Å². The lowest BCUT2D eigenvalue weighted by Gasteiger charge is -2.42. The third kappa shape index (κ3) is 3.34. The van der Waals surface area contributed by atoms with Gasteiger partial charge in [-0.2, -0.15) is 0 Å². The fourth-order valence-corrected chi connectivity index (χ4v) is 5.25. The molecule has 4 saturated heterocycles. The number of hydrogen-bond acceptors (Lipinski definition) is 7. The maximum absolute atomic E-state index is 11.7. The minimum absolute atomic E-state index is 0.112. The van der Waals surface area contributed by atoms with Gasteiger partial charge in [-0.1, -0.05) is 0 Å². The molecule has 4 aliphatic heterocycles. The van der Waals surface area contributed by atoms with Crippen LogP contribution in [0, 0.1) is 0 Å². The first kappa shape index (κ1) is 20.4. The molecule has 0 amide bonds. The number of ether oxygens (including phenoxy) is 5. The summed E-state index contributed by atoms with van der Waals surface area (Å²) in [5.41, 5.74) is -2.32. The van der Waals surface area contributed by atoms with Gasteiger partial charge in [-0.05, 0) is 73.1 Å². The van der Waals surface area contributed by atoms with Crippen molar-refractivity contribution < 1.29 is 33.6 Å². The van der Waals surface area contributed by atoms with E-state index in [-0.39, 0.29) is 24.9 Å². The first-order valence-corrected chi connectivity index (χ1v) is 10.5. The van der Waals surface area contributed by atoms with Crippen LogP contribution in [0.25, 0.3) is 0 Å². The molecule has 4 rings (SSSR count). The van der Waals surface area contributed by atoms with Crippen molar-refractivity contribution in [3.8, 4) is 0 Å². The number of hydrogen-bond donors (Lipinski definition) is 1. The Morgan fingerprint density at radius 1 is 0.786 bits per heavy atom. The van der Waals surface area contributed by atoms with Crippen LogP contribution >= 0.6 is 0 Å². The summed E-state index contributed by atoms with van der Waals surface area (Å²) in [5.74, 6) is 0. The van der Waals surface area contributed by atoms with Gasteiger partial charge in [0.2, 0.25) is 0 Å². The van der Waals surface area contributed by atoms with Crippen molar-refractivity contribution in [3.05, 3.63) is 0 Å². The monoisotopic (exact) mass is 398 g/mol.